The van der Waals surface area contributed by atoms with Crippen LogP contribution in [0.5, 0.6) is 0 Å². The van der Waals surface area contributed by atoms with Gasteiger partial charge in [-0.25, -0.2) is 4.39 Å². The molecule has 0 bridgehead atoms. The highest BCUT2D eigenvalue weighted by Gasteiger charge is 2.10. The average Bonchev–Trinajstić information content (AvgIpc) is 2.63. The van der Waals surface area contributed by atoms with Gasteiger partial charge in [0.15, 0.2) is 0 Å². The van der Waals surface area contributed by atoms with Gasteiger partial charge in [-0.2, -0.15) is 0 Å². The third kappa shape index (κ3) is 3.95. The Morgan fingerprint density at radius 3 is 2.54 bits per heavy atom. The molecule has 4 nitrogen and oxygen atoms in total. The van der Waals surface area contributed by atoms with Crippen LogP contribution in [0.2, 0.25) is 0 Å². The summed E-state index contributed by atoms with van der Waals surface area (Å²) in [5, 5.41) is 5.76. The van der Waals surface area contributed by atoms with Gasteiger partial charge in [0.05, 0.1) is 16.9 Å². The van der Waals surface area contributed by atoms with Gasteiger partial charge in [0.2, 0.25) is 0 Å². The maximum absolute atomic E-state index is 13.6. The highest BCUT2D eigenvalue weighted by atomic mass is 19.1. The first-order valence-electron chi connectivity index (χ1n) is 7.51. The van der Waals surface area contributed by atoms with Crippen LogP contribution in [-0.4, -0.2) is 10.9 Å². The van der Waals surface area contributed by atoms with Crippen LogP contribution in [0.1, 0.15) is 15.9 Å². The molecule has 120 valence electrons. The molecule has 3 aromatic rings. The Bertz CT molecular complexity index is 837. The molecular formula is C19H16FN3O. The smallest absolute Gasteiger partial charge is 0.257 e. The summed E-state index contributed by atoms with van der Waals surface area (Å²) in [6, 6.07) is 17.6. The van der Waals surface area contributed by atoms with Crippen molar-refractivity contribution >= 4 is 17.3 Å². The number of halogens is 1. The molecule has 0 atom stereocenters. The van der Waals surface area contributed by atoms with E-state index in [0.717, 1.165) is 11.3 Å². The van der Waals surface area contributed by atoms with Crippen molar-refractivity contribution in [1.29, 1.82) is 0 Å². The quantitative estimate of drug-likeness (QED) is 0.744. The van der Waals surface area contributed by atoms with E-state index < -0.39 is 11.7 Å². The van der Waals surface area contributed by atoms with E-state index >= 15 is 0 Å². The number of benzene rings is 2. The van der Waals surface area contributed by atoms with Crippen molar-refractivity contribution in [3.05, 3.63) is 90.0 Å². The maximum Gasteiger partial charge on any atom is 0.257 e. The number of nitrogens with zero attached hydrogens (tertiary/aromatic N) is 1. The molecule has 0 saturated carbocycles. The minimum atomic E-state index is -0.475. The predicted molar refractivity (Wildman–Crippen MR) is 92.4 cm³/mol. The van der Waals surface area contributed by atoms with Crippen molar-refractivity contribution in [2.75, 3.05) is 10.6 Å². The second-order valence-electron chi connectivity index (χ2n) is 5.24. The number of rotatable bonds is 5. The van der Waals surface area contributed by atoms with E-state index in [9.17, 15) is 9.18 Å². The van der Waals surface area contributed by atoms with Crippen LogP contribution in [-0.2, 0) is 6.54 Å². The van der Waals surface area contributed by atoms with Gasteiger partial charge in [-0.15, -0.1) is 0 Å². The molecule has 24 heavy (non-hydrogen) atoms. The molecule has 0 radical (unpaired) electrons. The topological polar surface area (TPSA) is 54.0 Å². The third-order valence-corrected chi connectivity index (χ3v) is 3.46. The second-order valence-corrected chi connectivity index (χ2v) is 5.24. The van der Waals surface area contributed by atoms with Crippen LogP contribution < -0.4 is 10.6 Å². The monoisotopic (exact) mass is 321 g/mol. The number of pyridine rings is 1. The van der Waals surface area contributed by atoms with Crippen molar-refractivity contribution < 1.29 is 9.18 Å². The zero-order valence-electron chi connectivity index (χ0n) is 12.9. The zero-order valence-corrected chi connectivity index (χ0v) is 12.9. The standard InChI is InChI=1S/C19H16FN3O/c20-17-8-4-5-9-18(17)23-19(24)15-10-16(13-21-12-15)22-11-14-6-2-1-3-7-14/h1-10,12-13,22H,11H2,(H,23,24). The fourth-order valence-electron chi connectivity index (χ4n) is 2.22. The molecule has 0 saturated heterocycles. The Hall–Kier alpha value is -3.21. The summed E-state index contributed by atoms with van der Waals surface area (Å²) >= 11 is 0. The summed E-state index contributed by atoms with van der Waals surface area (Å²) in [4.78, 5) is 16.3. The molecule has 0 spiro atoms. The van der Waals surface area contributed by atoms with Gasteiger partial charge < -0.3 is 10.6 Å². The first-order chi connectivity index (χ1) is 11.7. The molecule has 1 heterocycles. The van der Waals surface area contributed by atoms with Crippen LogP contribution in [0.4, 0.5) is 15.8 Å². The van der Waals surface area contributed by atoms with E-state index in [-0.39, 0.29) is 5.69 Å². The largest absolute Gasteiger partial charge is 0.380 e. The van der Waals surface area contributed by atoms with Crippen molar-refractivity contribution in [2.45, 2.75) is 6.54 Å². The minimum Gasteiger partial charge on any atom is -0.380 e. The fourth-order valence-corrected chi connectivity index (χ4v) is 2.22. The number of para-hydroxylation sites is 1. The summed E-state index contributed by atoms with van der Waals surface area (Å²) in [6.45, 7) is 0.626. The Labute approximate surface area is 139 Å². The van der Waals surface area contributed by atoms with Crippen molar-refractivity contribution in [3.63, 3.8) is 0 Å². The van der Waals surface area contributed by atoms with E-state index in [2.05, 4.69) is 15.6 Å². The zero-order chi connectivity index (χ0) is 16.8. The van der Waals surface area contributed by atoms with E-state index in [1.165, 1.54) is 18.3 Å². The molecule has 0 aliphatic heterocycles. The molecule has 1 aromatic heterocycles. The lowest BCUT2D eigenvalue weighted by atomic mass is 10.2. The van der Waals surface area contributed by atoms with Crippen LogP contribution in [0.25, 0.3) is 0 Å². The normalized spacial score (nSPS) is 10.2. The maximum atomic E-state index is 13.6. The molecule has 0 aliphatic rings. The minimum absolute atomic E-state index is 0.144. The Balaban J connectivity index is 1.68. The summed E-state index contributed by atoms with van der Waals surface area (Å²) in [5.41, 5.74) is 2.35. The van der Waals surface area contributed by atoms with Gasteiger partial charge in [0.25, 0.3) is 5.91 Å². The first-order valence-corrected chi connectivity index (χ1v) is 7.51. The molecule has 5 heteroatoms. The highest BCUT2D eigenvalue weighted by molar-refractivity contribution is 6.04. The number of anilines is 2. The van der Waals surface area contributed by atoms with E-state index in [0.29, 0.717) is 12.1 Å². The molecule has 3 rings (SSSR count). The van der Waals surface area contributed by atoms with Crippen LogP contribution in [0, 0.1) is 5.82 Å². The Morgan fingerprint density at radius 1 is 1.00 bits per heavy atom. The summed E-state index contributed by atoms with van der Waals surface area (Å²) in [6.07, 6.45) is 3.09. The number of carbonyl (C=O) groups is 1. The highest BCUT2D eigenvalue weighted by Crippen LogP contribution is 2.15. The molecule has 2 aromatic carbocycles. The number of carbonyl (C=O) groups excluding carboxylic acids is 1. The molecular weight excluding hydrogens is 305 g/mol. The van der Waals surface area contributed by atoms with Crippen LogP contribution in [0.3, 0.4) is 0 Å². The third-order valence-electron chi connectivity index (χ3n) is 3.46. The average molecular weight is 321 g/mol. The number of nitrogens with one attached hydrogen (secondary N) is 2. The van der Waals surface area contributed by atoms with Gasteiger partial charge >= 0.3 is 0 Å². The van der Waals surface area contributed by atoms with Crippen molar-refractivity contribution in [2.24, 2.45) is 0 Å². The summed E-state index contributed by atoms with van der Waals surface area (Å²) in [5.74, 6) is -0.881. The Morgan fingerprint density at radius 2 is 1.75 bits per heavy atom. The van der Waals surface area contributed by atoms with Crippen molar-refractivity contribution in [3.8, 4) is 0 Å². The SMILES string of the molecule is O=C(Nc1ccccc1F)c1cncc(NCc2ccccc2)c1. The molecule has 2 N–H and O–H groups in total. The molecule has 0 fully saturated rings. The number of hydrogen-bond acceptors (Lipinski definition) is 3. The van der Waals surface area contributed by atoms with E-state index in [1.54, 1.807) is 24.4 Å². The second kappa shape index (κ2) is 7.37. The van der Waals surface area contributed by atoms with E-state index in [1.807, 2.05) is 30.3 Å². The van der Waals surface area contributed by atoms with Gasteiger partial charge in [-0.05, 0) is 23.8 Å². The van der Waals surface area contributed by atoms with Crippen LogP contribution >= 0.6 is 0 Å². The molecule has 0 unspecified atom stereocenters. The van der Waals surface area contributed by atoms with Gasteiger partial charge in [0, 0.05) is 18.9 Å². The number of aromatic nitrogens is 1. The Kier molecular flexibility index (Phi) is 4.81. The van der Waals surface area contributed by atoms with Gasteiger partial charge in [-0.3, -0.25) is 9.78 Å². The van der Waals surface area contributed by atoms with Crippen molar-refractivity contribution in [1.82, 2.24) is 4.98 Å². The molecule has 1 amide bonds. The first kappa shape index (κ1) is 15.7. The predicted octanol–water partition coefficient (Wildman–Crippen LogP) is 4.09. The lowest BCUT2D eigenvalue weighted by Crippen LogP contribution is -2.13. The number of amides is 1. The van der Waals surface area contributed by atoms with Crippen LogP contribution in [0.15, 0.2) is 73.1 Å². The number of hydrogen-bond donors (Lipinski definition) is 2. The lowest BCUT2D eigenvalue weighted by Gasteiger charge is -2.09. The fraction of sp³-hybridized carbons (Fsp3) is 0.0526. The van der Waals surface area contributed by atoms with E-state index in [4.69, 9.17) is 0 Å². The summed E-state index contributed by atoms with van der Waals surface area (Å²) in [7, 11) is 0. The summed E-state index contributed by atoms with van der Waals surface area (Å²) < 4.78 is 13.6. The van der Waals surface area contributed by atoms with Gasteiger partial charge in [0.1, 0.15) is 5.82 Å². The van der Waals surface area contributed by atoms with Gasteiger partial charge in [-0.1, -0.05) is 42.5 Å². The lowest BCUT2D eigenvalue weighted by molar-refractivity contribution is 0.102. The molecule has 0 aliphatic carbocycles.